The van der Waals surface area contributed by atoms with Gasteiger partial charge >= 0.3 is 5.97 Å². The predicted molar refractivity (Wildman–Crippen MR) is 75.4 cm³/mol. The molecule has 2 aromatic rings. The predicted octanol–water partition coefficient (Wildman–Crippen LogP) is 3.46. The van der Waals surface area contributed by atoms with Crippen molar-refractivity contribution in [2.45, 2.75) is 0 Å². The van der Waals surface area contributed by atoms with Gasteiger partial charge in [-0.3, -0.25) is 10.1 Å². The lowest BCUT2D eigenvalue weighted by Crippen LogP contribution is -1.99. The zero-order valence-corrected chi connectivity index (χ0v) is 10.4. The fourth-order valence-corrected chi connectivity index (χ4v) is 1.73. The summed E-state index contributed by atoms with van der Waals surface area (Å²) in [5, 5.41) is 19.8. The molecule has 0 atom stereocenters. The average molecular weight is 269 g/mol. The Labute approximate surface area is 115 Å². The van der Waals surface area contributed by atoms with Gasteiger partial charge in [0.2, 0.25) is 0 Å². The van der Waals surface area contributed by atoms with Crippen LogP contribution in [0, 0.1) is 10.1 Å². The molecule has 5 heteroatoms. The molecule has 1 N–H and O–H groups in total. The van der Waals surface area contributed by atoms with Crippen LogP contribution in [0.3, 0.4) is 0 Å². The van der Waals surface area contributed by atoms with E-state index in [9.17, 15) is 14.9 Å². The van der Waals surface area contributed by atoms with Gasteiger partial charge in [-0.15, -0.1) is 0 Å². The lowest BCUT2D eigenvalue weighted by Gasteiger charge is -2.00. The van der Waals surface area contributed by atoms with Gasteiger partial charge < -0.3 is 5.11 Å². The molecule has 0 saturated carbocycles. The largest absolute Gasteiger partial charge is 0.478 e. The molecule has 100 valence electrons. The first-order valence-corrected chi connectivity index (χ1v) is 5.83. The van der Waals surface area contributed by atoms with E-state index in [1.54, 1.807) is 12.2 Å². The van der Waals surface area contributed by atoms with Crippen molar-refractivity contribution in [2.75, 3.05) is 0 Å². The van der Waals surface area contributed by atoms with Gasteiger partial charge in [-0.25, -0.2) is 4.79 Å². The second kappa shape index (κ2) is 5.79. The highest BCUT2D eigenvalue weighted by Crippen LogP contribution is 2.22. The molecule has 2 rings (SSSR count). The van der Waals surface area contributed by atoms with Crippen LogP contribution < -0.4 is 0 Å². The van der Waals surface area contributed by atoms with Crippen molar-refractivity contribution in [3.8, 4) is 0 Å². The van der Waals surface area contributed by atoms with Gasteiger partial charge in [-0.05, 0) is 23.8 Å². The number of hydrogen-bond donors (Lipinski definition) is 1. The van der Waals surface area contributed by atoms with Gasteiger partial charge in [0.25, 0.3) is 5.69 Å². The number of hydrogen-bond acceptors (Lipinski definition) is 3. The van der Waals surface area contributed by atoms with E-state index < -0.39 is 10.9 Å². The van der Waals surface area contributed by atoms with E-state index in [2.05, 4.69) is 0 Å². The molecule has 0 fully saturated rings. The van der Waals surface area contributed by atoms with Gasteiger partial charge in [0, 0.05) is 6.07 Å². The number of carbonyl (C=O) groups is 1. The summed E-state index contributed by atoms with van der Waals surface area (Å²) in [7, 11) is 0. The summed E-state index contributed by atoms with van der Waals surface area (Å²) in [6, 6.07) is 13.2. The molecule has 20 heavy (non-hydrogen) atoms. The van der Waals surface area contributed by atoms with Crippen molar-refractivity contribution >= 4 is 23.8 Å². The minimum absolute atomic E-state index is 0.103. The average Bonchev–Trinajstić information content (AvgIpc) is 2.45. The highest BCUT2D eigenvalue weighted by Gasteiger charge is 2.15. The molecule has 0 heterocycles. The van der Waals surface area contributed by atoms with E-state index in [0.29, 0.717) is 5.56 Å². The SMILES string of the molecule is O=C(O)c1ccc(C=Cc2ccccc2)c([N+](=O)[O-])c1. The van der Waals surface area contributed by atoms with E-state index in [1.807, 2.05) is 30.3 Å². The summed E-state index contributed by atoms with van der Waals surface area (Å²) < 4.78 is 0. The van der Waals surface area contributed by atoms with E-state index >= 15 is 0 Å². The first kappa shape index (κ1) is 13.5. The minimum Gasteiger partial charge on any atom is -0.478 e. The van der Waals surface area contributed by atoms with Crippen molar-refractivity contribution in [2.24, 2.45) is 0 Å². The van der Waals surface area contributed by atoms with Crippen LogP contribution >= 0.6 is 0 Å². The fraction of sp³-hybridized carbons (Fsp3) is 0. The van der Waals surface area contributed by atoms with Crippen molar-refractivity contribution in [1.82, 2.24) is 0 Å². The Morgan fingerprint density at radius 2 is 1.80 bits per heavy atom. The molecule has 0 aromatic heterocycles. The normalized spacial score (nSPS) is 10.6. The number of nitro groups is 1. The molecule has 0 amide bonds. The molecule has 0 radical (unpaired) electrons. The molecule has 2 aromatic carbocycles. The van der Waals surface area contributed by atoms with Crippen LogP contribution in [0.25, 0.3) is 12.2 Å². The van der Waals surface area contributed by atoms with Gasteiger partial charge in [0.15, 0.2) is 0 Å². The molecule has 0 unspecified atom stereocenters. The van der Waals surface area contributed by atoms with Crippen LogP contribution in [0.5, 0.6) is 0 Å². The first-order valence-electron chi connectivity index (χ1n) is 5.83. The maximum atomic E-state index is 11.0. The van der Waals surface area contributed by atoms with Gasteiger partial charge in [-0.2, -0.15) is 0 Å². The highest BCUT2D eigenvalue weighted by molar-refractivity contribution is 5.89. The number of carboxylic acids is 1. The van der Waals surface area contributed by atoms with Crippen LogP contribution in [0.2, 0.25) is 0 Å². The smallest absolute Gasteiger partial charge is 0.335 e. The maximum absolute atomic E-state index is 11.0. The molecular weight excluding hydrogens is 258 g/mol. The van der Waals surface area contributed by atoms with Gasteiger partial charge in [0.1, 0.15) is 0 Å². The summed E-state index contributed by atoms with van der Waals surface area (Å²) in [5.41, 5.74) is 0.943. The Morgan fingerprint density at radius 1 is 1.10 bits per heavy atom. The highest BCUT2D eigenvalue weighted by atomic mass is 16.6. The zero-order valence-electron chi connectivity index (χ0n) is 10.4. The second-order valence-electron chi connectivity index (χ2n) is 4.08. The standard InChI is InChI=1S/C15H11NO4/c17-15(18)13-9-8-12(14(10-13)16(19)20)7-6-11-4-2-1-3-5-11/h1-10H,(H,17,18). The number of aromatic carboxylic acids is 1. The molecule has 0 saturated heterocycles. The zero-order chi connectivity index (χ0) is 14.5. The van der Waals surface area contributed by atoms with E-state index in [1.165, 1.54) is 12.1 Å². The maximum Gasteiger partial charge on any atom is 0.335 e. The number of nitro benzene ring substituents is 1. The second-order valence-corrected chi connectivity index (χ2v) is 4.08. The minimum atomic E-state index is -1.19. The van der Waals surface area contributed by atoms with Crippen molar-refractivity contribution in [3.63, 3.8) is 0 Å². The Bertz CT molecular complexity index is 678. The summed E-state index contributed by atoms with van der Waals surface area (Å²) in [4.78, 5) is 21.2. The van der Waals surface area contributed by atoms with E-state index in [-0.39, 0.29) is 11.3 Å². The van der Waals surface area contributed by atoms with E-state index in [0.717, 1.165) is 11.6 Å². The van der Waals surface area contributed by atoms with Gasteiger partial charge in [-0.1, -0.05) is 36.4 Å². The third kappa shape index (κ3) is 3.08. The molecule has 5 nitrogen and oxygen atoms in total. The van der Waals surface area contributed by atoms with Crippen LogP contribution in [0.15, 0.2) is 48.5 Å². The van der Waals surface area contributed by atoms with Crippen LogP contribution in [-0.4, -0.2) is 16.0 Å². The first-order chi connectivity index (χ1) is 9.58. The monoisotopic (exact) mass is 269 g/mol. The Morgan fingerprint density at radius 3 is 2.40 bits per heavy atom. The van der Waals surface area contributed by atoms with Crippen LogP contribution in [0.4, 0.5) is 5.69 Å². The van der Waals surface area contributed by atoms with Crippen LogP contribution in [-0.2, 0) is 0 Å². The summed E-state index contributed by atoms with van der Waals surface area (Å²) in [6.07, 6.45) is 3.34. The lowest BCUT2D eigenvalue weighted by atomic mass is 10.1. The Hall–Kier alpha value is -2.95. The van der Waals surface area contributed by atoms with Gasteiger partial charge in [0.05, 0.1) is 16.1 Å². The molecule has 0 bridgehead atoms. The Balaban J connectivity index is 2.39. The van der Waals surface area contributed by atoms with Crippen molar-refractivity contribution < 1.29 is 14.8 Å². The molecule has 0 aliphatic rings. The molecule has 0 spiro atoms. The van der Waals surface area contributed by atoms with Crippen molar-refractivity contribution in [3.05, 3.63) is 75.3 Å². The number of rotatable bonds is 4. The lowest BCUT2D eigenvalue weighted by molar-refractivity contribution is -0.385. The molecule has 0 aliphatic carbocycles. The summed E-state index contributed by atoms with van der Waals surface area (Å²) in [5.74, 6) is -1.19. The number of nitrogens with zero attached hydrogens (tertiary/aromatic N) is 1. The number of carboxylic acid groups (broad SMARTS) is 1. The summed E-state index contributed by atoms with van der Waals surface area (Å²) in [6.45, 7) is 0. The van der Waals surface area contributed by atoms with Crippen molar-refractivity contribution in [1.29, 1.82) is 0 Å². The quantitative estimate of drug-likeness (QED) is 0.523. The molecule has 0 aliphatic heterocycles. The molecular formula is C15H11NO4. The Kier molecular flexibility index (Phi) is 3.91. The van der Waals surface area contributed by atoms with Crippen LogP contribution in [0.1, 0.15) is 21.5 Å². The third-order valence-corrected chi connectivity index (χ3v) is 2.73. The third-order valence-electron chi connectivity index (χ3n) is 2.73. The topological polar surface area (TPSA) is 80.4 Å². The fourth-order valence-electron chi connectivity index (χ4n) is 1.73. The number of benzene rings is 2. The summed E-state index contributed by atoms with van der Waals surface area (Å²) >= 11 is 0. The van der Waals surface area contributed by atoms with E-state index in [4.69, 9.17) is 5.11 Å².